The van der Waals surface area contributed by atoms with E-state index in [1.165, 1.54) is 30.2 Å². The second-order valence-electron chi connectivity index (χ2n) is 17.2. The number of nitrogens with zero attached hydrogens (tertiary/aromatic N) is 2. The third-order valence-corrected chi connectivity index (χ3v) is 9.60. The first kappa shape index (κ1) is 62.2. The van der Waals surface area contributed by atoms with Crippen LogP contribution in [0.5, 0.6) is 5.75 Å². The molecule has 12 amide bonds. The van der Waals surface area contributed by atoms with Gasteiger partial charge in [-0.3, -0.25) is 35.1 Å². The fourth-order valence-corrected chi connectivity index (χ4v) is 6.19. The number of hydrogen-bond acceptors (Lipinski definition) is 18. The number of hydrogen-bond donors (Lipinski definition) is 9. The zero-order valence-corrected chi connectivity index (χ0v) is 42.0. The van der Waals surface area contributed by atoms with E-state index in [-0.39, 0.29) is 44.0 Å². The summed E-state index contributed by atoms with van der Waals surface area (Å²) in [4.78, 5) is 131. The Kier molecular flexibility index (Phi) is 21.7. The van der Waals surface area contributed by atoms with Crippen LogP contribution in [0, 0.1) is 49.4 Å². The highest BCUT2D eigenvalue weighted by molar-refractivity contribution is 6.15. The number of esters is 1. The van der Waals surface area contributed by atoms with Crippen LogP contribution in [-0.2, 0) is 49.7 Å². The maximum Gasteiger partial charge on any atom is 0.407 e. The van der Waals surface area contributed by atoms with Crippen LogP contribution in [0.1, 0.15) is 57.5 Å². The average molecular weight is 1080 g/mol. The van der Waals surface area contributed by atoms with Crippen molar-refractivity contribution in [3.63, 3.8) is 0 Å². The van der Waals surface area contributed by atoms with Crippen molar-refractivity contribution in [3.05, 3.63) is 29.3 Å². The van der Waals surface area contributed by atoms with Gasteiger partial charge >= 0.3 is 42.9 Å². The molecule has 3 fully saturated rings. The molecular weight excluding hydrogens is 1020 g/mol. The number of terminal acetylenes is 4. The first-order valence-electron chi connectivity index (χ1n) is 21.2. The van der Waals surface area contributed by atoms with Crippen molar-refractivity contribution >= 4 is 78.1 Å². The molecule has 4 atom stereocenters. The number of benzene rings is 1. The van der Waals surface area contributed by atoms with Crippen molar-refractivity contribution in [1.82, 2.24) is 52.3 Å². The van der Waals surface area contributed by atoms with Crippen LogP contribution >= 0.6 is 11.8 Å². The molecule has 9 N–H and O–H groups in total. The predicted molar refractivity (Wildman–Crippen MR) is 255 cm³/mol. The molecule has 0 spiro atoms. The molecular formula is C45H52ClF2N11O16. The van der Waals surface area contributed by atoms with E-state index in [1.54, 1.807) is 41.5 Å². The summed E-state index contributed by atoms with van der Waals surface area (Å²) < 4.78 is 43.4. The highest BCUT2D eigenvalue weighted by atomic mass is 35.5. The van der Waals surface area contributed by atoms with Gasteiger partial charge in [0.05, 0.1) is 40.4 Å². The van der Waals surface area contributed by atoms with Gasteiger partial charge in [-0.1, -0.05) is 29.7 Å². The molecule has 75 heavy (non-hydrogen) atoms. The normalized spacial score (nSPS) is 20.9. The number of fused-ring (bicyclic) bond motifs is 1. The van der Waals surface area contributed by atoms with Crippen molar-refractivity contribution in [2.24, 2.45) is 4.99 Å². The Labute approximate surface area is 432 Å². The van der Waals surface area contributed by atoms with Gasteiger partial charge in [0, 0.05) is 12.1 Å². The Balaban J connectivity index is 0.000000351. The summed E-state index contributed by atoms with van der Waals surface area (Å²) in [6, 6.07) is 1.98. The van der Waals surface area contributed by atoms with Gasteiger partial charge in [0.25, 0.3) is 23.6 Å². The summed E-state index contributed by atoms with van der Waals surface area (Å²) in [7, 11) is 2.40. The summed E-state index contributed by atoms with van der Waals surface area (Å²) in [6.45, 7) is 6.53. The fourth-order valence-electron chi connectivity index (χ4n) is 5.99. The lowest BCUT2D eigenvalue weighted by atomic mass is 10.0. The Morgan fingerprint density at radius 2 is 1.27 bits per heavy atom. The molecule has 0 aliphatic carbocycles. The zero-order chi connectivity index (χ0) is 57.2. The number of methoxy groups -OCH3 is 1. The van der Waals surface area contributed by atoms with Gasteiger partial charge in [0.1, 0.15) is 17.0 Å². The summed E-state index contributed by atoms with van der Waals surface area (Å²) in [5.41, 5.74) is -6.91. The number of alkyl halides is 2. The third kappa shape index (κ3) is 17.4. The van der Waals surface area contributed by atoms with Crippen molar-refractivity contribution < 1.29 is 85.4 Å². The van der Waals surface area contributed by atoms with Gasteiger partial charge in [0.15, 0.2) is 16.6 Å². The van der Waals surface area contributed by atoms with Gasteiger partial charge in [-0.15, -0.1) is 25.7 Å². The Hall–Kier alpha value is -8.90. The molecule has 4 aliphatic heterocycles. The molecule has 5 rings (SSSR count). The SMILES string of the molecule is C#CC(CNC(=O)OC(C)(C)C)(N=COOC)C(=O)OC.C#CC1(CN2Cc3ccc(OC(F)F)cc3C2=O)NC(=O)NC1=O.C#CC1(CNC(=O)OC(C)(C)C)NC(=O)NC1=O.C#CC1(CNCl)NC(=O)NC1=O. The van der Waals surface area contributed by atoms with Crippen molar-refractivity contribution in [2.75, 3.05) is 40.4 Å². The van der Waals surface area contributed by atoms with Crippen LogP contribution < -0.4 is 52.1 Å². The van der Waals surface area contributed by atoms with E-state index >= 15 is 0 Å². The number of nitrogens with one attached hydrogen (secondary N) is 9. The van der Waals surface area contributed by atoms with E-state index < -0.39 is 99.8 Å². The van der Waals surface area contributed by atoms with Gasteiger partial charge < -0.3 is 55.3 Å². The van der Waals surface area contributed by atoms with E-state index in [1.807, 2.05) is 16.0 Å². The van der Waals surface area contributed by atoms with Gasteiger partial charge in [-0.2, -0.15) is 13.7 Å². The highest BCUT2D eigenvalue weighted by Gasteiger charge is 2.49. The molecule has 0 bridgehead atoms. The van der Waals surface area contributed by atoms with Crippen LogP contribution in [0.3, 0.4) is 0 Å². The minimum atomic E-state index is -3.00. The smallest absolute Gasteiger partial charge is 0.407 e. The Morgan fingerprint density at radius 1 is 0.787 bits per heavy atom. The number of ether oxygens (including phenoxy) is 4. The van der Waals surface area contributed by atoms with Gasteiger partial charge in [-0.25, -0.2) is 38.6 Å². The number of alkyl carbamates (subject to hydrolysis) is 2. The molecule has 404 valence electrons. The monoisotopic (exact) mass is 1080 g/mol. The minimum absolute atomic E-state index is 0.0113. The summed E-state index contributed by atoms with van der Waals surface area (Å²) >= 11 is 5.19. The first-order valence-corrected chi connectivity index (χ1v) is 21.5. The third-order valence-electron chi connectivity index (χ3n) is 9.47. The molecule has 4 unspecified atom stereocenters. The standard InChI is InChI=1S/C15H11F2N3O4.C13H20N2O6.C11H15N3O4.C6H6ClN3O2/c1-2-15(12(22)18-14(23)19-15)7-20-6-8-3-4-9(24-13(16)17)5-10(8)11(20)21;1-7-13(10(16)18-5,15-9-20-19-6)8-14-11(17)21-12(2,3)4;1-5-11(7(15)13-8(16)14-11)6-12-9(17)18-10(2,3)4;1-2-6(3-8-7)4(11)9-5(12)10-6/h1,3-5,13H,6-7H2,(H2,18,19,22,23);1,9H,8H2,2-6H3,(H,14,17);1H,6H2,2-4H3,(H,12,17)(H2,13,14,15,16);1,8H,3H2,(H2,9,10,11,12). The number of aliphatic imine (C=N–C) groups is 1. The number of halogens is 3. The number of carbonyl (C=O) groups excluding carboxylic acids is 10. The Bertz CT molecular complexity index is 2620. The van der Waals surface area contributed by atoms with Gasteiger partial charge in [-0.05, 0) is 71.0 Å². The second kappa shape index (κ2) is 26.2. The van der Waals surface area contributed by atoms with Crippen LogP contribution in [0.2, 0.25) is 0 Å². The molecule has 4 aliphatic rings. The molecule has 1 aromatic rings. The van der Waals surface area contributed by atoms with Crippen molar-refractivity contribution in [3.8, 4) is 55.1 Å². The number of urea groups is 3. The molecule has 0 aromatic heterocycles. The number of imide groups is 3. The molecule has 4 heterocycles. The highest BCUT2D eigenvalue weighted by Crippen LogP contribution is 2.29. The lowest BCUT2D eigenvalue weighted by molar-refractivity contribution is -0.188. The van der Waals surface area contributed by atoms with E-state index in [2.05, 4.69) is 79.3 Å². The Morgan fingerprint density at radius 3 is 1.67 bits per heavy atom. The van der Waals surface area contributed by atoms with E-state index in [9.17, 15) is 56.7 Å². The molecule has 0 radical (unpaired) electrons. The molecule has 1 aromatic carbocycles. The second-order valence-corrected chi connectivity index (χ2v) is 17.5. The van der Waals surface area contributed by atoms with Crippen LogP contribution in [-0.4, -0.2) is 152 Å². The largest absolute Gasteiger partial charge is 0.466 e. The topological polar surface area (TPSA) is 350 Å². The number of amides is 12. The lowest BCUT2D eigenvalue weighted by Crippen LogP contribution is -2.54. The van der Waals surface area contributed by atoms with Crippen molar-refractivity contribution in [2.45, 2.75) is 88.1 Å². The van der Waals surface area contributed by atoms with Crippen LogP contribution in [0.4, 0.5) is 32.8 Å². The molecule has 3 saturated heterocycles. The van der Waals surface area contributed by atoms with Crippen LogP contribution in [0.25, 0.3) is 0 Å². The molecule has 30 heteroatoms. The average Bonchev–Trinajstić information content (AvgIpc) is 3.99. The number of rotatable bonds is 14. The van der Waals surface area contributed by atoms with E-state index in [0.717, 1.165) is 13.5 Å². The first-order chi connectivity index (χ1) is 34.9. The molecule has 0 saturated carbocycles. The number of carbonyl (C=O) groups is 10. The minimum Gasteiger partial charge on any atom is -0.466 e. The summed E-state index contributed by atoms with van der Waals surface area (Å²) in [6.07, 6.45) is 20.4. The summed E-state index contributed by atoms with van der Waals surface area (Å²) in [5.74, 6) is 5.27. The maximum absolute atomic E-state index is 12.4. The van der Waals surface area contributed by atoms with Crippen molar-refractivity contribution in [1.29, 1.82) is 0 Å². The lowest BCUT2D eigenvalue weighted by Gasteiger charge is -2.26. The quantitative estimate of drug-likeness (QED) is 0.0134. The zero-order valence-electron chi connectivity index (χ0n) is 41.3. The maximum atomic E-state index is 12.4. The van der Waals surface area contributed by atoms with E-state index in [0.29, 0.717) is 5.56 Å². The van der Waals surface area contributed by atoms with E-state index in [4.69, 9.17) is 46.9 Å². The predicted octanol–water partition coefficient (Wildman–Crippen LogP) is -0.219. The van der Waals surface area contributed by atoms with Crippen LogP contribution in [0.15, 0.2) is 23.2 Å². The molecule has 27 nitrogen and oxygen atoms in total. The summed E-state index contributed by atoms with van der Waals surface area (Å²) in [5, 5.41) is 17.6. The fraction of sp³-hybridized carbons (Fsp3) is 0.444. The van der Waals surface area contributed by atoms with Gasteiger partial charge in [0.2, 0.25) is 11.9 Å².